The number of carbonyl (C=O) groups excluding carboxylic acids is 1. The summed E-state index contributed by atoms with van der Waals surface area (Å²) in [6, 6.07) is 0. The molecule has 1 aliphatic heterocycles. The molecule has 0 saturated carbocycles. The number of methoxy groups -OCH3 is 1. The van der Waals surface area contributed by atoms with Crippen molar-refractivity contribution in [1.29, 1.82) is 0 Å². The topological polar surface area (TPSA) is 82.1 Å². The summed E-state index contributed by atoms with van der Waals surface area (Å²) in [6.45, 7) is 0. The molecule has 0 aliphatic carbocycles. The van der Waals surface area contributed by atoms with Crippen LogP contribution in [-0.2, 0) is 24.1 Å². The Hall–Kier alpha value is -1.98. The summed E-state index contributed by atoms with van der Waals surface area (Å²) < 4.78 is 4.32. The van der Waals surface area contributed by atoms with Gasteiger partial charge in [-0.1, -0.05) is 0 Å². The van der Waals surface area contributed by atoms with Crippen molar-refractivity contribution in [2.24, 2.45) is 0 Å². The number of carboxylic acids is 1. The van der Waals surface area contributed by atoms with Crippen LogP contribution in [0, 0.1) is 0 Å². The number of aliphatic carboxylic acids is 1. The molecule has 0 fully saturated rings. The van der Waals surface area contributed by atoms with E-state index in [4.69, 9.17) is 5.11 Å². The van der Waals surface area contributed by atoms with Crippen molar-refractivity contribution >= 4 is 11.9 Å². The molecule has 0 unspecified atom stereocenters. The molecule has 13 heavy (non-hydrogen) atoms. The first-order chi connectivity index (χ1) is 6.16. The van der Waals surface area contributed by atoms with Gasteiger partial charge in [0.25, 0.3) is 0 Å². The molecule has 0 amide bonds. The van der Waals surface area contributed by atoms with E-state index in [1.165, 1.54) is 0 Å². The normalized spacial score (nSPS) is 14.5. The van der Waals surface area contributed by atoms with Crippen molar-refractivity contribution in [1.82, 2.24) is 0 Å². The Morgan fingerprint density at radius 3 is 2.31 bits per heavy atom. The molecular weight excluding hydrogens is 180 g/mol. The molecule has 0 saturated heterocycles. The van der Waals surface area contributed by atoms with E-state index in [1.807, 2.05) is 0 Å². The van der Waals surface area contributed by atoms with Gasteiger partial charge in [0.2, 0.25) is 0 Å². The predicted octanol–water partition coefficient (Wildman–Crippen LogP) is -0.0264. The molecule has 0 radical (unpaired) electrons. The maximum absolute atomic E-state index is 11.0. The Kier molecular flexibility index (Phi) is 2.53. The molecule has 0 bridgehead atoms. The lowest BCUT2D eigenvalue weighted by atomic mass is 10.1. The third-order valence-corrected chi connectivity index (χ3v) is 1.31. The number of rotatable bonds is 2. The first-order valence-corrected chi connectivity index (χ1v) is 3.21. The molecule has 6 heteroatoms. The summed E-state index contributed by atoms with van der Waals surface area (Å²) in [4.78, 5) is 30.0. The Labute approximate surface area is 72.9 Å². The quantitative estimate of drug-likeness (QED) is 0.481. The van der Waals surface area contributed by atoms with E-state index in [2.05, 4.69) is 14.5 Å². The molecule has 1 aliphatic rings. The maximum Gasteiger partial charge on any atom is 0.342 e. The Bertz CT molecular complexity index is 300. The second-order valence-corrected chi connectivity index (χ2v) is 2.05. The molecular formula is C7H6O6. The fraction of sp³-hybridized carbons (Fsp3) is 0.143. The van der Waals surface area contributed by atoms with Crippen molar-refractivity contribution in [3.63, 3.8) is 0 Å². The largest absolute Gasteiger partial charge is 0.478 e. The van der Waals surface area contributed by atoms with Crippen LogP contribution in [0.3, 0.4) is 0 Å². The zero-order valence-electron chi connectivity index (χ0n) is 6.64. The van der Waals surface area contributed by atoms with Crippen LogP contribution in [0.25, 0.3) is 0 Å². The number of hydrogen-bond donors (Lipinski definition) is 1. The van der Waals surface area contributed by atoms with Crippen LogP contribution in [0.4, 0.5) is 0 Å². The molecule has 6 nitrogen and oxygen atoms in total. The summed E-state index contributed by atoms with van der Waals surface area (Å²) >= 11 is 0. The number of carboxylic acid groups (broad SMARTS) is 1. The van der Waals surface area contributed by atoms with Crippen molar-refractivity contribution in [3.8, 4) is 0 Å². The predicted molar refractivity (Wildman–Crippen MR) is 38.0 cm³/mol. The van der Waals surface area contributed by atoms with Gasteiger partial charge in [0.15, 0.2) is 12.5 Å². The van der Waals surface area contributed by atoms with E-state index in [0.717, 1.165) is 19.6 Å². The van der Waals surface area contributed by atoms with Crippen LogP contribution >= 0.6 is 0 Å². The van der Waals surface area contributed by atoms with E-state index in [0.29, 0.717) is 0 Å². The maximum atomic E-state index is 11.0. The lowest BCUT2D eigenvalue weighted by Gasteiger charge is -2.09. The second kappa shape index (κ2) is 3.61. The van der Waals surface area contributed by atoms with E-state index in [-0.39, 0.29) is 11.1 Å². The van der Waals surface area contributed by atoms with Gasteiger partial charge in [-0.15, -0.1) is 0 Å². The van der Waals surface area contributed by atoms with Gasteiger partial charge >= 0.3 is 11.9 Å². The second-order valence-electron chi connectivity index (χ2n) is 2.05. The summed E-state index contributed by atoms with van der Waals surface area (Å²) in [5.74, 6) is -2.09. The lowest BCUT2D eigenvalue weighted by molar-refractivity contribution is -0.202. The minimum atomic E-state index is -1.29. The van der Waals surface area contributed by atoms with Crippen LogP contribution < -0.4 is 0 Å². The van der Waals surface area contributed by atoms with E-state index >= 15 is 0 Å². The standard InChI is InChI=1S/C7H6O6/c1-11-7(10)5-3-13-12-2-4(5)6(8)9/h2-3H,1H3,(H,8,9). The van der Waals surface area contributed by atoms with Gasteiger partial charge in [-0.25, -0.2) is 9.59 Å². The monoisotopic (exact) mass is 186 g/mol. The molecule has 1 heterocycles. The highest BCUT2D eigenvalue weighted by molar-refractivity contribution is 6.05. The van der Waals surface area contributed by atoms with Gasteiger partial charge < -0.3 is 9.84 Å². The molecule has 70 valence electrons. The fourth-order valence-electron chi connectivity index (χ4n) is 0.712. The minimum Gasteiger partial charge on any atom is -0.478 e. The van der Waals surface area contributed by atoms with Crippen LogP contribution in [0.2, 0.25) is 0 Å². The van der Waals surface area contributed by atoms with Crippen LogP contribution in [0.15, 0.2) is 23.7 Å². The van der Waals surface area contributed by atoms with Crippen molar-refractivity contribution in [2.75, 3.05) is 7.11 Å². The number of carbonyl (C=O) groups is 2. The number of hydrogen-bond acceptors (Lipinski definition) is 5. The molecule has 1 rings (SSSR count). The first kappa shape index (κ1) is 9.11. The fourth-order valence-corrected chi connectivity index (χ4v) is 0.712. The molecule has 0 aromatic rings. The molecule has 0 aromatic heterocycles. The van der Waals surface area contributed by atoms with E-state index < -0.39 is 11.9 Å². The van der Waals surface area contributed by atoms with Crippen LogP contribution in [-0.4, -0.2) is 24.2 Å². The van der Waals surface area contributed by atoms with Gasteiger partial charge in [-0.2, -0.15) is 0 Å². The van der Waals surface area contributed by atoms with Crippen molar-refractivity contribution < 1.29 is 29.2 Å². The first-order valence-electron chi connectivity index (χ1n) is 3.21. The van der Waals surface area contributed by atoms with Gasteiger partial charge in [0.1, 0.15) is 11.1 Å². The van der Waals surface area contributed by atoms with E-state index in [9.17, 15) is 9.59 Å². The highest BCUT2D eigenvalue weighted by atomic mass is 17.2. The molecule has 0 atom stereocenters. The van der Waals surface area contributed by atoms with E-state index in [1.54, 1.807) is 0 Å². The average molecular weight is 186 g/mol. The number of esters is 1. The summed E-state index contributed by atoms with van der Waals surface area (Å²) in [5.41, 5.74) is -0.501. The smallest absolute Gasteiger partial charge is 0.342 e. The van der Waals surface area contributed by atoms with Gasteiger partial charge in [-0.05, 0) is 0 Å². The summed E-state index contributed by atoms with van der Waals surface area (Å²) in [5, 5.41) is 8.60. The molecule has 1 N–H and O–H groups in total. The molecule has 0 aromatic carbocycles. The van der Waals surface area contributed by atoms with Gasteiger partial charge in [0, 0.05) is 0 Å². The summed E-state index contributed by atoms with van der Waals surface area (Å²) in [7, 11) is 1.14. The highest BCUT2D eigenvalue weighted by Gasteiger charge is 2.25. The Morgan fingerprint density at radius 1 is 1.31 bits per heavy atom. The van der Waals surface area contributed by atoms with Gasteiger partial charge in [-0.3, -0.25) is 9.78 Å². The molecule has 0 spiro atoms. The average Bonchev–Trinajstić information content (AvgIpc) is 2.16. The zero-order valence-corrected chi connectivity index (χ0v) is 6.64. The van der Waals surface area contributed by atoms with Crippen molar-refractivity contribution in [2.45, 2.75) is 0 Å². The van der Waals surface area contributed by atoms with Gasteiger partial charge in [0.05, 0.1) is 7.11 Å². The Balaban J connectivity index is 2.94. The summed E-state index contributed by atoms with van der Waals surface area (Å²) in [6.07, 6.45) is 1.68. The van der Waals surface area contributed by atoms with Crippen LogP contribution in [0.1, 0.15) is 0 Å². The van der Waals surface area contributed by atoms with Crippen LogP contribution in [0.5, 0.6) is 0 Å². The minimum absolute atomic E-state index is 0.193. The lowest BCUT2D eigenvalue weighted by Crippen LogP contribution is -2.16. The third kappa shape index (κ3) is 1.78. The third-order valence-electron chi connectivity index (χ3n) is 1.31. The number of ether oxygens (including phenoxy) is 1. The van der Waals surface area contributed by atoms with Crippen molar-refractivity contribution in [3.05, 3.63) is 23.7 Å². The highest BCUT2D eigenvalue weighted by Crippen LogP contribution is 2.16. The zero-order chi connectivity index (χ0) is 9.84. The Morgan fingerprint density at radius 2 is 1.85 bits per heavy atom. The SMILES string of the molecule is COC(=O)C1=COOC=C1C(=O)O.